The average molecular weight is 443 g/mol. The van der Waals surface area contributed by atoms with Crippen LogP contribution >= 0.6 is 15.9 Å². The van der Waals surface area contributed by atoms with Crippen molar-refractivity contribution < 1.29 is 23.9 Å². The quantitative estimate of drug-likeness (QED) is 0.624. The van der Waals surface area contributed by atoms with Gasteiger partial charge in [0, 0.05) is 10.2 Å². The van der Waals surface area contributed by atoms with E-state index in [0.29, 0.717) is 12.1 Å². The van der Waals surface area contributed by atoms with E-state index < -0.39 is 29.7 Å². The van der Waals surface area contributed by atoms with Gasteiger partial charge in [-0.2, -0.15) is 0 Å². The minimum atomic E-state index is -1.01. The fourth-order valence-corrected chi connectivity index (χ4v) is 2.36. The van der Waals surface area contributed by atoms with E-state index in [-0.39, 0.29) is 12.5 Å². The van der Waals surface area contributed by atoms with Gasteiger partial charge in [0.25, 0.3) is 5.91 Å². The topological polar surface area (TPSA) is 93.7 Å². The molecule has 0 heterocycles. The molecule has 0 aliphatic heterocycles. The molecule has 0 bridgehead atoms. The van der Waals surface area contributed by atoms with Crippen LogP contribution < -0.4 is 10.6 Å². The standard InChI is InChI=1S/C19H27BrN2O5/c1-12(2)10-15(17(24)21-11-16(23)27-19(3,4)5)26-18(25)22-14-8-6-13(20)7-9-14/h6-9,12,15H,10-11H2,1-5H3,(H,21,24)(H,22,25). The fraction of sp³-hybridized carbons (Fsp3) is 0.526. The van der Waals surface area contributed by atoms with Gasteiger partial charge in [0.1, 0.15) is 12.1 Å². The van der Waals surface area contributed by atoms with Crippen LogP contribution in [0.5, 0.6) is 0 Å². The van der Waals surface area contributed by atoms with Crippen LogP contribution in [-0.2, 0) is 19.1 Å². The molecule has 8 heteroatoms. The highest BCUT2D eigenvalue weighted by atomic mass is 79.9. The Morgan fingerprint density at radius 3 is 2.22 bits per heavy atom. The Morgan fingerprint density at radius 1 is 1.11 bits per heavy atom. The number of anilines is 1. The Labute approximate surface area is 168 Å². The zero-order valence-corrected chi connectivity index (χ0v) is 17.9. The summed E-state index contributed by atoms with van der Waals surface area (Å²) in [4.78, 5) is 36.2. The van der Waals surface area contributed by atoms with Crippen molar-refractivity contribution in [2.75, 3.05) is 11.9 Å². The maximum Gasteiger partial charge on any atom is 0.412 e. The summed E-state index contributed by atoms with van der Waals surface area (Å²) in [6, 6.07) is 6.94. The number of esters is 1. The Morgan fingerprint density at radius 2 is 1.70 bits per heavy atom. The van der Waals surface area contributed by atoms with Gasteiger partial charge in [-0.3, -0.25) is 14.9 Å². The molecule has 2 N–H and O–H groups in total. The molecule has 0 aliphatic rings. The summed E-state index contributed by atoms with van der Waals surface area (Å²) >= 11 is 3.31. The highest BCUT2D eigenvalue weighted by molar-refractivity contribution is 9.10. The molecule has 0 aliphatic carbocycles. The molecule has 0 radical (unpaired) electrons. The molecule has 0 aromatic heterocycles. The third-order valence-electron chi connectivity index (χ3n) is 3.14. The molecular weight excluding hydrogens is 416 g/mol. The number of benzene rings is 1. The molecular formula is C19H27BrN2O5. The number of carbonyl (C=O) groups is 3. The molecule has 150 valence electrons. The SMILES string of the molecule is CC(C)CC(OC(=O)Nc1ccc(Br)cc1)C(=O)NCC(=O)OC(C)(C)C. The second-order valence-corrected chi connectivity index (χ2v) is 8.38. The normalized spacial score (nSPS) is 12.3. The third kappa shape index (κ3) is 9.98. The van der Waals surface area contributed by atoms with E-state index in [1.54, 1.807) is 45.0 Å². The maximum atomic E-state index is 12.4. The van der Waals surface area contributed by atoms with Crippen LogP contribution in [0.15, 0.2) is 28.7 Å². The molecule has 7 nitrogen and oxygen atoms in total. The molecule has 1 atom stereocenters. The van der Waals surface area contributed by atoms with Crippen LogP contribution in [-0.4, -0.2) is 36.2 Å². The van der Waals surface area contributed by atoms with Crippen molar-refractivity contribution in [1.29, 1.82) is 0 Å². The third-order valence-corrected chi connectivity index (χ3v) is 3.67. The van der Waals surface area contributed by atoms with Gasteiger partial charge in [-0.05, 0) is 57.4 Å². The van der Waals surface area contributed by atoms with E-state index in [2.05, 4.69) is 26.6 Å². The van der Waals surface area contributed by atoms with Gasteiger partial charge in [-0.25, -0.2) is 4.79 Å². The zero-order valence-electron chi connectivity index (χ0n) is 16.3. The molecule has 2 amide bonds. The zero-order chi connectivity index (χ0) is 20.6. The molecule has 0 saturated carbocycles. The van der Waals surface area contributed by atoms with Gasteiger partial charge in [-0.15, -0.1) is 0 Å². The maximum absolute atomic E-state index is 12.4. The lowest BCUT2D eigenvalue weighted by molar-refractivity contribution is -0.155. The first kappa shape index (κ1) is 23.0. The van der Waals surface area contributed by atoms with E-state index in [9.17, 15) is 14.4 Å². The first-order valence-corrected chi connectivity index (χ1v) is 9.48. The van der Waals surface area contributed by atoms with Crippen LogP contribution in [0.3, 0.4) is 0 Å². The van der Waals surface area contributed by atoms with Crippen molar-refractivity contribution in [1.82, 2.24) is 5.32 Å². The van der Waals surface area contributed by atoms with Crippen molar-refractivity contribution in [2.45, 2.75) is 52.7 Å². The summed E-state index contributed by atoms with van der Waals surface area (Å²) < 4.78 is 11.3. The smallest absolute Gasteiger partial charge is 0.412 e. The van der Waals surface area contributed by atoms with Crippen LogP contribution in [0.25, 0.3) is 0 Å². The Balaban J connectivity index is 2.62. The monoisotopic (exact) mass is 442 g/mol. The number of rotatable bonds is 7. The Kier molecular flexibility index (Phi) is 8.75. The van der Waals surface area contributed by atoms with Gasteiger partial charge in [0.05, 0.1) is 0 Å². The molecule has 1 unspecified atom stereocenters. The highest BCUT2D eigenvalue weighted by Crippen LogP contribution is 2.15. The van der Waals surface area contributed by atoms with Crippen molar-refractivity contribution in [2.24, 2.45) is 5.92 Å². The lowest BCUT2D eigenvalue weighted by Gasteiger charge is -2.21. The first-order chi connectivity index (χ1) is 12.5. The predicted molar refractivity (Wildman–Crippen MR) is 106 cm³/mol. The van der Waals surface area contributed by atoms with Crippen LogP contribution in [0.1, 0.15) is 41.0 Å². The van der Waals surface area contributed by atoms with Gasteiger partial charge < -0.3 is 14.8 Å². The number of carbonyl (C=O) groups excluding carboxylic acids is 3. The molecule has 0 fully saturated rings. The van der Waals surface area contributed by atoms with E-state index in [1.165, 1.54) is 0 Å². The molecule has 0 saturated heterocycles. The Bertz CT molecular complexity index is 653. The van der Waals surface area contributed by atoms with E-state index >= 15 is 0 Å². The number of nitrogens with one attached hydrogen (secondary N) is 2. The minimum absolute atomic E-state index is 0.114. The molecule has 27 heavy (non-hydrogen) atoms. The highest BCUT2D eigenvalue weighted by Gasteiger charge is 2.25. The molecule has 1 rings (SSSR count). The Hall–Kier alpha value is -2.09. The minimum Gasteiger partial charge on any atom is -0.459 e. The van der Waals surface area contributed by atoms with E-state index in [1.807, 2.05) is 13.8 Å². The van der Waals surface area contributed by atoms with Crippen LogP contribution in [0, 0.1) is 5.92 Å². The lowest BCUT2D eigenvalue weighted by atomic mass is 10.1. The first-order valence-electron chi connectivity index (χ1n) is 8.69. The molecule has 1 aromatic rings. The van der Waals surface area contributed by atoms with Crippen molar-refractivity contribution in [3.8, 4) is 0 Å². The summed E-state index contributed by atoms with van der Waals surface area (Å²) in [6.07, 6.45) is -1.42. The number of amides is 2. The summed E-state index contributed by atoms with van der Waals surface area (Å²) in [5, 5.41) is 5.03. The van der Waals surface area contributed by atoms with Crippen molar-refractivity contribution >= 4 is 39.6 Å². The average Bonchev–Trinajstić information content (AvgIpc) is 2.52. The van der Waals surface area contributed by atoms with E-state index in [4.69, 9.17) is 9.47 Å². The fourth-order valence-electron chi connectivity index (χ4n) is 2.10. The predicted octanol–water partition coefficient (Wildman–Crippen LogP) is 3.87. The van der Waals surface area contributed by atoms with Gasteiger partial charge in [0.15, 0.2) is 6.10 Å². The van der Waals surface area contributed by atoms with Crippen molar-refractivity contribution in [3.05, 3.63) is 28.7 Å². The van der Waals surface area contributed by atoms with Gasteiger partial charge >= 0.3 is 12.1 Å². The number of hydrogen-bond donors (Lipinski definition) is 2. The number of ether oxygens (including phenoxy) is 2. The summed E-state index contributed by atoms with van der Waals surface area (Å²) in [7, 11) is 0. The second-order valence-electron chi connectivity index (χ2n) is 7.46. The number of halogens is 1. The summed E-state index contributed by atoms with van der Waals surface area (Å²) in [5.41, 5.74) is -0.0964. The largest absolute Gasteiger partial charge is 0.459 e. The van der Waals surface area contributed by atoms with Crippen LogP contribution in [0.2, 0.25) is 0 Å². The van der Waals surface area contributed by atoms with E-state index in [0.717, 1.165) is 4.47 Å². The lowest BCUT2D eigenvalue weighted by Crippen LogP contribution is -2.42. The van der Waals surface area contributed by atoms with Gasteiger partial charge in [0.2, 0.25) is 0 Å². The van der Waals surface area contributed by atoms with Crippen LogP contribution in [0.4, 0.5) is 10.5 Å². The second kappa shape index (κ2) is 10.3. The molecule has 1 aromatic carbocycles. The summed E-state index contributed by atoms with van der Waals surface area (Å²) in [5.74, 6) is -0.985. The van der Waals surface area contributed by atoms with Crippen molar-refractivity contribution in [3.63, 3.8) is 0 Å². The molecule has 0 spiro atoms. The van der Waals surface area contributed by atoms with Gasteiger partial charge in [-0.1, -0.05) is 29.8 Å². The number of hydrogen-bond acceptors (Lipinski definition) is 5. The summed E-state index contributed by atoms with van der Waals surface area (Å²) in [6.45, 7) is 8.74.